The number of allylic oxidation sites excluding steroid dienone is 4. The van der Waals surface area contributed by atoms with Gasteiger partial charge in [0.05, 0.1) is 11.0 Å². The summed E-state index contributed by atoms with van der Waals surface area (Å²) in [5.41, 5.74) is 9.50. The second-order valence-electron chi connectivity index (χ2n) is 9.58. The Kier molecular flexibility index (Phi) is 5.45. The quantitative estimate of drug-likeness (QED) is 0.218. The van der Waals surface area contributed by atoms with Crippen LogP contribution in [0.4, 0.5) is 0 Å². The summed E-state index contributed by atoms with van der Waals surface area (Å²) < 4.78 is 2.36. The van der Waals surface area contributed by atoms with Gasteiger partial charge in [-0.1, -0.05) is 84.4 Å². The summed E-state index contributed by atoms with van der Waals surface area (Å²) >= 11 is 1.83. The average molecular weight is 489 g/mol. The Morgan fingerprint density at radius 2 is 1.32 bits per heavy atom. The number of benzene rings is 4. The Hall–Kier alpha value is -4.08. The molecule has 0 aliphatic heterocycles. The first kappa shape index (κ1) is 22.1. The highest BCUT2D eigenvalue weighted by Gasteiger charge is 2.15. The molecule has 1 nitrogen and oxygen atoms in total. The van der Waals surface area contributed by atoms with Crippen molar-refractivity contribution in [3.63, 3.8) is 0 Å². The molecule has 3 heteroatoms. The molecule has 0 spiro atoms. The van der Waals surface area contributed by atoms with Gasteiger partial charge in [-0.15, -0.1) is 11.3 Å². The molecule has 0 saturated carbocycles. The number of fused-ring (bicyclic) bond motifs is 3. The van der Waals surface area contributed by atoms with Gasteiger partial charge in [-0.2, -0.15) is 0 Å². The zero-order chi connectivity index (χ0) is 24.8. The molecule has 1 aliphatic carbocycles. The fourth-order valence-corrected chi connectivity index (χ4v) is 6.40. The van der Waals surface area contributed by atoms with Crippen LogP contribution in [0.3, 0.4) is 0 Å². The van der Waals surface area contributed by atoms with Gasteiger partial charge in [0.2, 0.25) is 0 Å². The highest BCUT2D eigenvalue weighted by Crippen LogP contribution is 2.37. The number of rotatable bonds is 4. The summed E-state index contributed by atoms with van der Waals surface area (Å²) in [6.07, 6.45) is 8.82. The molecule has 0 N–H and O–H groups in total. The molecular weight excluding hydrogens is 465 g/mol. The summed E-state index contributed by atoms with van der Waals surface area (Å²) in [6, 6.07) is 37.1. The van der Waals surface area contributed by atoms with Gasteiger partial charge in [0, 0.05) is 26.2 Å². The van der Waals surface area contributed by atoms with E-state index in [0.717, 1.165) is 24.0 Å². The van der Waals surface area contributed by atoms with Gasteiger partial charge in [0.25, 0.3) is 0 Å². The monoisotopic (exact) mass is 489 g/mol. The lowest BCUT2D eigenvalue weighted by atomic mass is 9.93. The van der Waals surface area contributed by atoms with Crippen molar-refractivity contribution in [3.8, 4) is 26.6 Å². The minimum atomic E-state index is 0.791. The van der Waals surface area contributed by atoms with Crippen molar-refractivity contribution in [2.24, 2.45) is 0 Å². The maximum Gasteiger partial charge on any atom is 0.113 e. The average Bonchev–Trinajstić information content (AvgIpc) is 3.57. The fraction of sp³-hybridized carbons (Fsp3) is 0.0588. The maximum absolute atomic E-state index is 6.24. The Balaban J connectivity index is 1.32. The molecule has 174 valence electrons. The van der Waals surface area contributed by atoms with Crippen LogP contribution in [0.2, 0.25) is 0 Å². The van der Waals surface area contributed by atoms with E-state index >= 15 is 0 Å². The van der Waals surface area contributed by atoms with E-state index in [2.05, 4.69) is 120 Å². The van der Waals surface area contributed by atoms with Crippen molar-refractivity contribution in [1.82, 2.24) is 4.57 Å². The lowest BCUT2D eigenvalue weighted by Gasteiger charge is -2.11. The van der Waals surface area contributed by atoms with Crippen LogP contribution in [0, 0.1) is 0 Å². The Morgan fingerprint density at radius 1 is 0.649 bits per heavy atom. The molecular formula is C34H24BNS. The molecule has 2 radical (unpaired) electrons. The first-order valence-electron chi connectivity index (χ1n) is 12.7. The van der Waals surface area contributed by atoms with Crippen LogP contribution in [0.15, 0.2) is 121 Å². The molecule has 6 aromatic rings. The largest absolute Gasteiger partial charge is 0.309 e. The van der Waals surface area contributed by atoms with Crippen LogP contribution in [-0.4, -0.2) is 12.4 Å². The molecule has 0 atom stereocenters. The van der Waals surface area contributed by atoms with Crippen molar-refractivity contribution < 1.29 is 0 Å². The predicted octanol–water partition coefficient (Wildman–Crippen LogP) is 8.71. The molecule has 0 fully saturated rings. The summed E-state index contributed by atoms with van der Waals surface area (Å²) in [6.45, 7) is 0. The standard InChI is InChI=1S/C34H24BNS/c35-27-14-18-32-30(22-27)29-21-26(23-7-3-1-4-8-23)13-17-31(29)36(32)28-15-11-25(12-16-28)34-20-19-33(37-34)24-9-5-2-6-10-24/h1-3,5-7,9-22H,4,8H2. The smallest absolute Gasteiger partial charge is 0.113 e. The molecule has 37 heavy (non-hydrogen) atoms. The minimum absolute atomic E-state index is 0.791. The Bertz CT molecular complexity index is 1820. The van der Waals surface area contributed by atoms with Gasteiger partial charge in [-0.25, -0.2) is 0 Å². The summed E-state index contributed by atoms with van der Waals surface area (Å²) in [7, 11) is 6.24. The molecule has 4 aromatic carbocycles. The van der Waals surface area contributed by atoms with Crippen LogP contribution in [0.25, 0.3) is 53.9 Å². The lowest BCUT2D eigenvalue weighted by molar-refractivity contribution is 1.05. The second-order valence-corrected chi connectivity index (χ2v) is 10.7. The van der Waals surface area contributed by atoms with E-state index in [1.54, 1.807) is 0 Å². The SMILES string of the molecule is [B]c1ccc2c(c1)c1cc(C3=CC=CCC3)ccc1n2-c1ccc(-c2ccc(-c3ccccc3)s2)cc1. The topological polar surface area (TPSA) is 4.93 Å². The molecule has 0 bridgehead atoms. The third-order valence-electron chi connectivity index (χ3n) is 7.25. The van der Waals surface area contributed by atoms with Crippen LogP contribution in [0.5, 0.6) is 0 Å². The first-order valence-corrected chi connectivity index (χ1v) is 13.5. The van der Waals surface area contributed by atoms with Crippen molar-refractivity contribution in [1.29, 1.82) is 0 Å². The van der Waals surface area contributed by atoms with Crippen LogP contribution < -0.4 is 5.46 Å². The van der Waals surface area contributed by atoms with Crippen LogP contribution in [-0.2, 0) is 0 Å². The van der Waals surface area contributed by atoms with Gasteiger partial charge in [-0.3, -0.25) is 0 Å². The van der Waals surface area contributed by atoms with Crippen molar-refractivity contribution in [2.75, 3.05) is 0 Å². The number of nitrogens with zero attached hydrogens (tertiary/aromatic N) is 1. The molecule has 2 heterocycles. The number of hydrogen-bond donors (Lipinski definition) is 0. The normalized spacial score (nSPS) is 13.4. The third kappa shape index (κ3) is 3.96. The van der Waals surface area contributed by atoms with Gasteiger partial charge in [0.1, 0.15) is 7.85 Å². The highest BCUT2D eigenvalue weighted by molar-refractivity contribution is 7.18. The number of aromatic nitrogens is 1. The van der Waals surface area contributed by atoms with E-state index in [-0.39, 0.29) is 0 Å². The Labute approximate surface area is 222 Å². The van der Waals surface area contributed by atoms with Crippen molar-refractivity contribution >= 4 is 52.0 Å². The third-order valence-corrected chi connectivity index (χ3v) is 8.43. The van der Waals surface area contributed by atoms with Crippen LogP contribution in [0.1, 0.15) is 18.4 Å². The van der Waals surface area contributed by atoms with E-state index in [4.69, 9.17) is 7.85 Å². The molecule has 0 unspecified atom stereocenters. The summed E-state index contributed by atoms with van der Waals surface area (Å²) in [4.78, 5) is 2.57. The highest BCUT2D eigenvalue weighted by atomic mass is 32.1. The van der Waals surface area contributed by atoms with Crippen LogP contribution >= 0.6 is 11.3 Å². The van der Waals surface area contributed by atoms with Gasteiger partial charge in [-0.05, 0) is 77.6 Å². The van der Waals surface area contributed by atoms with Gasteiger partial charge >= 0.3 is 0 Å². The number of hydrogen-bond acceptors (Lipinski definition) is 1. The van der Waals surface area contributed by atoms with Crippen molar-refractivity contribution in [2.45, 2.75) is 12.8 Å². The Morgan fingerprint density at radius 3 is 2.05 bits per heavy atom. The second kappa shape index (κ2) is 9.10. The fourth-order valence-electron chi connectivity index (χ4n) is 5.39. The van der Waals surface area contributed by atoms with Crippen molar-refractivity contribution in [3.05, 3.63) is 127 Å². The van der Waals surface area contributed by atoms with E-state index in [1.807, 2.05) is 17.4 Å². The minimum Gasteiger partial charge on any atom is -0.309 e. The molecule has 0 saturated heterocycles. The van der Waals surface area contributed by atoms with E-state index in [0.29, 0.717) is 0 Å². The first-order chi connectivity index (χ1) is 18.2. The van der Waals surface area contributed by atoms with Gasteiger partial charge < -0.3 is 4.57 Å². The van der Waals surface area contributed by atoms with E-state index in [9.17, 15) is 0 Å². The molecule has 7 rings (SSSR count). The lowest BCUT2D eigenvalue weighted by Crippen LogP contribution is -2.00. The van der Waals surface area contributed by atoms with E-state index < -0.39 is 0 Å². The zero-order valence-corrected chi connectivity index (χ0v) is 21.2. The zero-order valence-electron chi connectivity index (χ0n) is 20.4. The van der Waals surface area contributed by atoms with E-state index in [1.165, 1.54) is 53.8 Å². The molecule has 1 aliphatic rings. The predicted molar refractivity (Wildman–Crippen MR) is 161 cm³/mol. The maximum atomic E-state index is 6.24. The van der Waals surface area contributed by atoms with Gasteiger partial charge in [0.15, 0.2) is 0 Å². The summed E-state index contributed by atoms with van der Waals surface area (Å²) in [5, 5.41) is 2.43. The summed E-state index contributed by atoms with van der Waals surface area (Å²) in [5.74, 6) is 0. The molecule has 0 amide bonds. The number of thiophene rings is 1. The molecule has 2 aromatic heterocycles.